The number of likely N-dealkylation sites (tertiary alicyclic amines) is 1. The Morgan fingerprint density at radius 2 is 1.79 bits per heavy atom. The third-order valence-electron chi connectivity index (χ3n) is 4.86. The molecule has 1 N–H and O–H groups in total. The first kappa shape index (κ1) is 16.7. The van der Waals surface area contributed by atoms with E-state index >= 15 is 0 Å². The monoisotopic (exact) mass is 324 g/mol. The van der Waals surface area contributed by atoms with Gasteiger partial charge in [0.2, 0.25) is 5.91 Å². The molecule has 2 heterocycles. The van der Waals surface area contributed by atoms with Crippen LogP contribution < -0.4 is 0 Å². The highest BCUT2D eigenvalue weighted by molar-refractivity contribution is 5.76. The summed E-state index contributed by atoms with van der Waals surface area (Å²) in [6.45, 7) is 1.48. The number of pyridine rings is 1. The van der Waals surface area contributed by atoms with Gasteiger partial charge in [-0.15, -0.1) is 0 Å². The minimum absolute atomic E-state index is 0.208. The van der Waals surface area contributed by atoms with Crippen LogP contribution in [0.3, 0.4) is 0 Å². The van der Waals surface area contributed by atoms with Gasteiger partial charge in [-0.2, -0.15) is 0 Å². The third kappa shape index (κ3) is 4.20. The molecule has 0 spiro atoms. The summed E-state index contributed by atoms with van der Waals surface area (Å²) in [5, 5.41) is 10.5. The quantitative estimate of drug-likeness (QED) is 0.920. The Bertz CT molecular complexity index is 637. The second kappa shape index (κ2) is 8.06. The van der Waals surface area contributed by atoms with Crippen LogP contribution in [0.25, 0.3) is 0 Å². The first-order valence-corrected chi connectivity index (χ1v) is 8.64. The molecule has 126 valence electrons. The van der Waals surface area contributed by atoms with Crippen LogP contribution in [-0.4, -0.2) is 34.0 Å². The number of amides is 1. The van der Waals surface area contributed by atoms with E-state index in [2.05, 4.69) is 4.98 Å². The van der Waals surface area contributed by atoms with Crippen molar-refractivity contribution in [3.8, 4) is 0 Å². The van der Waals surface area contributed by atoms with Gasteiger partial charge < -0.3 is 10.0 Å². The molecule has 1 aromatic carbocycles. The molecule has 4 nitrogen and oxygen atoms in total. The fourth-order valence-corrected chi connectivity index (χ4v) is 3.35. The molecule has 1 aliphatic heterocycles. The largest absolute Gasteiger partial charge is 0.388 e. The molecule has 2 aromatic rings. The molecule has 1 aliphatic rings. The summed E-state index contributed by atoms with van der Waals surface area (Å²) in [5.74, 6) is 0.441. The first-order valence-electron chi connectivity index (χ1n) is 8.64. The fourth-order valence-electron chi connectivity index (χ4n) is 3.35. The highest BCUT2D eigenvalue weighted by Gasteiger charge is 2.27. The fraction of sp³-hybridized carbons (Fsp3) is 0.400. The van der Waals surface area contributed by atoms with Gasteiger partial charge in [-0.3, -0.25) is 9.78 Å². The zero-order valence-corrected chi connectivity index (χ0v) is 13.8. The molecule has 1 aromatic heterocycles. The van der Waals surface area contributed by atoms with Crippen LogP contribution in [0.15, 0.2) is 54.9 Å². The summed E-state index contributed by atoms with van der Waals surface area (Å²) in [6, 6.07) is 13.7. The Labute approximate surface area is 143 Å². The minimum Gasteiger partial charge on any atom is -0.388 e. The molecule has 24 heavy (non-hydrogen) atoms. The molecule has 0 saturated carbocycles. The van der Waals surface area contributed by atoms with E-state index in [-0.39, 0.29) is 11.8 Å². The van der Waals surface area contributed by atoms with Crippen molar-refractivity contribution in [2.24, 2.45) is 5.92 Å². The van der Waals surface area contributed by atoms with Crippen molar-refractivity contribution in [1.29, 1.82) is 0 Å². The third-order valence-corrected chi connectivity index (χ3v) is 4.86. The summed E-state index contributed by atoms with van der Waals surface area (Å²) >= 11 is 0. The van der Waals surface area contributed by atoms with E-state index in [4.69, 9.17) is 0 Å². The number of aliphatic hydroxyl groups is 1. The number of aromatic nitrogens is 1. The van der Waals surface area contributed by atoms with Gasteiger partial charge in [-0.1, -0.05) is 30.3 Å². The summed E-state index contributed by atoms with van der Waals surface area (Å²) in [5.41, 5.74) is 2.12. The Balaban J connectivity index is 1.47. The van der Waals surface area contributed by atoms with Gasteiger partial charge in [0.05, 0.1) is 6.10 Å². The lowest BCUT2D eigenvalue weighted by Gasteiger charge is -2.34. The number of rotatable bonds is 5. The molecule has 1 atom stereocenters. The normalized spacial score (nSPS) is 16.8. The Hall–Kier alpha value is -2.20. The van der Waals surface area contributed by atoms with Gasteiger partial charge in [0, 0.05) is 31.9 Å². The number of aryl methyl sites for hydroxylation is 1. The predicted molar refractivity (Wildman–Crippen MR) is 93.3 cm³/mol. The predicted octanol–water partition coefficient (Wildman–Crippen LogP) is 2.99. The van der Waals surface area contributed by atoms with E-state index in [1.807, 2.05) is 47.4 Å². The highest BCUT2D eigenvalue weighted by atomic mass is 16.3. The van der Waals surface area contributed by atoms with E-state index in [1.54, 1.807) is 12.4 Å². The van der Waals surface area contributed by atoms with Crippen LogP contribution in [0, 0.1) is 5.92 Å². The highest BCUT2D eigenvalue weighted by Crippen LogP contribution is 2.30. The Morgan fingerprint density at radius 3 is 2.46 bits per heavy atom. The van der Waals surface area contributed by atoms with Crippen molar-refractivity contribution in [3.05, 3.63) is 66.0 Å². The van der Waals surface area contributed by atoms with Crippen molar-refractivity contribution in [2.75, 3.05) is 13.1 Å². The van der Waals surface area contributed by atoms with Crippen LogP contribution in [0.2, 0.25) is 0 Å². The molecule has 0 bridgehead atoms. The van der Waals surface area contributed by atoms with E-state index < -0.39 is 6.10 Å². The molecular formula is C20H24N2O2. The maximum absolute atomic E-state index is 12.4. The SMILES string of the molecule is O=C(CCc1ccncc1)N1CCC(C(O)c2ccccc2)CC1. The average Bonchev–Trinajstić information content (AvgIpc) is 2.67. The minimum atomic E-state index is -0.430. The molecule has 0 radical (unpaired) electrons. The number of benzene rings is 1. The van der Waals surface area contributed by atoms with Crippen LogP contribution in [0.1, 0.15) is 36.5 Å². The smallest absolute Gasteiger partial charge is 0.222 e. The summed E-state index contributed by atoms with van der Waals surface area (Å²) in [6.07, 6.45) is 6.10. The van der Waals surface area contributed by atoms with Gasteiger partial charge in [0.15, 0.2) is 0 Å². The molecule has 3 rings (SSSR count). The van der Waals surface area contributed by atoms with Gasteiger partial charge in [0.25, 0.3) is 0 Å². The Kier molecular flexibility index (Phi) is 5.59. The van der Waals surface area contributed by atoms with E-state index in [0.29, 0.717) is 6.42 Å². The second-order valence-corrected chi connectivity index (χ2v) is 6.43. The molecular weight excluding hydrogens is 300 g/mol. The number of hydrogen-bond acceptors (Lipinski definition) is 3. The number of nitrogens with zero attached hydrogens (tertiary/aromatic N) is 2. The maximum Gasteiger partial charge on any atom is 0.222 e. The summed E-state index contributed by atoms with van der Waals surface area (Å²) in [7, 11) is 0. The van der Waals surface area contributed by atoms with Crippen molar-refractivity contribution >= 4 is 5.91 Å². The second-order valence-electron chi connectivity index (χ2n) is 6.43. The standard InChI is InChI=1S/C20H24N2O2/c23-19(7-6-16-8-12-21-13-9-16)22-14-10-18(11-15-22)20(24)17-4-2-1-3-5-17/h1-5,8-9,12-13,18,20,24H,6-7,10-11,14-15H2. The van der Waals surface area contributed by atoms with Crippen molar-refractivity contribution in [3.63, 3.8) is 0 Å². The molecule has 4 heteroatoms. The zero-order chi connectivity index (χ0) is 16.8. The van der Waals surface area contributed by atoms with Gasteiger partial charge in [-0.25, -0.2) is 0 Å². The van der Waals surface area contributed by atoms with Crippen LogP contribution in [0.4, 0.5) is 0 Å². The Morgan fingerprint density at radius 1 is 1.12 bits per heavy atom. The van der Waals surface area contributed by atoms with Gasteiger partial charge in [0.1, 0.15) is 0 Å². The van der Waals surface area contributed by atoms with Crippen LogP contribution >= 0.6 is 0 Å². The average molecular weight is 324 g/mol. The first-order chi connectivity index (χ1) is 11.7. The molecule has 1 unspecified atom stereocenters. The topological polar surface area (TPSA) is 53.4 Å². The van der Waals surface area contributed by atoms with E-state index in [1.165, 1.54) is 0 Å². The number of piperidine rings is 1. The van der Waals surface area contributed by atoms with Crippen molar-refractivity contribution in [1.82, 2.24) is 9.88 Å². The molecule has 1 saturated heterocycles. The van der Waals surface area contributed by atoms with Crippen LogP contribution in [0.5, 0.6) is 0 Å². The van der Waals surface area contributed by atoms with Crippen molar-refractivity contribution < 1.29 is 9.90 Å². The lowest BCUT2D eigenvalue weighted by molar-refractivity contribution is -0.133. The molecule has 1 amide bonds. The number of hydrogen-bond donors (Lipinski definition) is 1. The van der Waals surface area contributed by atoms with E-state index in [0.717, 1.165) is 43.5 Å². The van der Waals surface area contributed by atoms with Crippen molar-refractivity contribution in [2.45, 2.75) is 31.8 Å². The number of aliphatic hydroxyl groups excluding tert-OH is 1. The molecule has 1 fully saturated rings. The van der Waals surface area contributed by atoms with Gasteiger partial charge in [-0.05, 0) is 48.4 Å². The summed E-state index contributed by atoms with van der Waals surface area (Å²) in [4.78, 5) is 18.3. The van der Waals surface area contributed by atoms with Crippen LogP contribution in [-0.2, 0) is 11.2 Å². The lowest BCUT2D eigenvalue weighted by Crippen LogP contribution is -2.39. The zero-order valence-electron chi connectivity index (χ0n) is 13.8. The molecule has 0 aliphatic carbocycles. The van der Waals surface area contributed by atoms with E-state index in [9.17, 15) is 9.90 Å². The maximum atomic E-state index is 12.4. The number of carbonyl (C=O) groups excluding carboxylic acids is 1. The lowest BCUT2D eigenvalue weighted by atomic mass is 9.87. The van der Waals surface area contributed by atoms with Gasteiger partial charge >= 0.3 is 0 Å². The number of carbonyl (C=O) groups is 1. The summed E-state index contributed by atoms with van der Waals surface area (Å²) < 4.78 is 0.